The fraction of sp³-hybridized carbons (Fsp3) is 0.250. The first-order valence-corrected chi connectivity index (χ1v) is 8.14. The van der Waals surface area contributed by atoms with Crippen molar-refractivity contribution in [1.29, 1.82) is 0 Å². The van der Waals surface area contributed by atoms with Gasteiger partial charge in [-0.2, -0.15) is 10.1 Å². The average molecular weight is 387 g/mol. The molecule has 12 heteroatoms. The topological polar surface area (TPSA) is 149 Å². The third-order valence-corrected chi connectivity index (χ3v) is 3.99. The number of nitro groups is 1. The summed E-state index contributed by atoms with van der Waals surface area (Å²) >= 11 is 0. The van der Waals surface area contributed by atoms with Crippen molar-refractivity contribution in [3.05, 3.63) is 60.8 Å². The van der Waals surface area contributed by atoms with Gasteiger partial charge in [0.1, 0.15) is 0 Å². The van der Waals surface area contributed by atoms with Gasteiger partial charge in [-0.05, 0) is 0 Å². The van der Waals surface area contributed by atoms with Crippen molar-refractivity contribution in [2.24, 2.45) is 12.1 Å². The van der Waals surface area contributed by atoms with Crippen LogP contribution < -0.4 is 16.7 Å². The minimum absolute atomic E-state index is 0.0576. The Labute approximate surface area is 157 Å². The fourth-order valence-electron chi connectivity index (χ4n) is 2.60. The molecule has 0 radical (unpaired) electrons. The number of imidazole rings is 1. The highest BCUT2D eigenvalue weighted by molar-refractivity contribution is 5.81. The second-order valence-electron chi connectivity index (χ2n) is 5.79. The Kier molecular flexibility index (Phi) is 5.31. The number of aromatic amines is 1. The summed E-state index contributed by atoms with van der Waals surface area (Å²) in [7, 11) is 3.01. The normalized spacial score (nSPS) is 11.4. The van der Waals surface area contributed by atoms with Gasteiger partial charge in [0.25, 0.3) is 11.2 Å². The van der Waals surface area contributed by atoms with Crippen LogP contribution in [0.25, 0.3) is 11.2 Å². The van der Waals surface area contributed by atoms with E-state index in [-0.39, 0.29) is 22.8 Å². The van der Waals surface area contributed by atoms with Crippen LogP contribution in [0.5, 0.6) is 0 Å². The number of hydrogen-bond donors (Lipinski definition) is 2. The number of hydrazone groups is 1. The number of aryl methyl sites for hydroxylation is 1. The van der Waals surface area contributed by atoms with Gasteiger partial charge in [-0.15, -0.1) is 0 Å². The third-order valence-electron chi connectivity index (χ3n) is 3.99. The lowest BCUT2D eigenvalue weighted by atomic mass is 10.2. The number of nitrogens with zero attached hydrogens (tertiary/aromatic N) is 5. The first-order chi connectivity index (χ1) is 13.4. The molecule has 12 nitrogen and oxygen atoms in total. The predicted octanol–water partition coefficient (Wildman–Crippen LogP) is 0.424. The zero-order valence-corrected chi connectivity index (χ0v) is 15.1. The molecule has 0 bridgehead atoms. The van der Waals surface area contributed by atoms with E-state index >= 15 is 0 Å². The summed E-state index contributed by atoms with van der Waals surface area (Å²) < 4.78 is 7.82. The van der Waals surface area contributed by atoms with Crippen LogP contribution >= 0.6 is 0 Å². The van der Waals surface area contributed by atoms with Gasteiger partial charge in [0.2, 0.25) is 5.95 Å². The van der Waals surface area contributed by atoms with Crippen LogP contribution in [-0.2, 0) is 18.3 Å². The van der Waals surface area contributed by atoms with Crippen molar-refractivity contribution >= 4 is 29.0 Å². The molecule has 0 amide bonds. The maximum Gasteiger partial charge on any atom is 0.329 e. The van der Waals surface area contributed by atoms with Crippen molar-refractivity contribution < 1.29 is 9.66 Å². The molecule has 1 aromatic carbocycles. The van der Waals surface area contributed by atoms with Gasteiger partial charge in [-0.3, -0.25) is 24.5 Å². The molecule has 3 rings (SSSR count). The lowest BCUT2D eigenvalue weighted by Crippen LogP contribution is -2.29. The van der Waals surface area contributed by atoms with Crippen molar-refractivity contribution in [3.8, 4) is 0 Å². The van der Waals surface area contributed by atoms with Crippen LogP contribution in [0.4, 0.5) is 11.6 Å². The molecule has 0 unspecified atom stereocenters. The zero-order valence-electron chi connectivity index (χ0n) is 15.1. The molecule has 2 aromatic heterocycles. The largest absolute Gasteiger partial charge is 0.383 e. The summed E-state index contributed by atoms with van der Waals surface area (Å²) in [6, 6.07) is 5.94. The Balaban J connectivity index is 1.98. The molecule has 2 heterocycles. The third kappa shape index (κ3) is 3.66. The number of hydrogen-bond acceptors (Lipinski definition) is 8. The number of fused-ring (bicyclic) bond motifs is 1. The summed E-state index contributed by atoms with van der Waals surface area (Å²) in [6.07, 6.45) is 1.39. The van der Waals surface area contributed by atoms with E-state index in [4.69, 9.17) is 4.74 Å². The maximum absolute atomic E-state index is 12.2. The number of nitrogens with one attached hydrogen (secondary N) is 2. The van der Waals surface area contributed by atoms with Crippen molar-refractivity contribution in [3.63, 3.8) is 0 Å². The van der Waals surface area contributed by atoms with Crippen LogP contribution in [0.3, 0.4) is 0 Å². The molecule has 0 spiro atoms. The van der Waals surface area contributed by atoms with E-state index in [9.17, 15) is 19.7 Å². The average Bonchev–Trinajstić information content (AvgIpc) is 3.04. The van der Waals surface area contributed by atoms with Crippen molar-refractivity contribution in [2.75, 3.05) is 19.1 Å². The van der Waals surface area contributed by atoms with Crippen LogP contribution in [-0.4, -0.2) is 44.0 Å². The maximum atomic E-state index is 12.2. The number of aromatic nitrogens is 4. The van der Waals surface area contributed by atoms with Gasteiger partial charge in [-0.1, -0.05) is 12.1 Å². The molecular formula is C16H17N7O5. The number of anilines is 1. The smallest absolute Gasteiger partial charge is 0.329 e. The number of benzene rings is 1. The van der Waals surface area contributed by atoms with Crippen LogP contribution in [0.15, 0.2) is 39.0 Å². The second-order valence-corrected chi connectivity index (χ2v) is 5.79. The summed E-state index contributed by atoms with van der Waals surface area (Å²) in [5.41, 5.74) is 2.40. The number of ether oxygens (including phenoxy) is 1. The number of methoxy groups -OCH3 is 1. The first kappa shape index (κ1) is 19.0. The Morgan fingerprint density at radius 2 is 2.21 bits per heavy atom. The molecule has 0 saturated heterocycles. The molecule has 0 aliphatic carbocycles. The minimum Gasteiger partial charge on any atom is -0.383 e. The van der Waals surface area contributed by atoms with Crippen molar-refractivity contribution in [2.45, 2.75) is 6.54 Å². The van der Waals surface area contributed by atoms with E-state index in [0.29, 0.717) is 18.7 Å². The molecule has 0 saturated carbocycles. The molecule has 0 fully saturated rings. The molecule has 28 heavy (non-hydrogen) atoms. The van der Waals surface area contributed by atoms with Crippen LogP contribution in [0.2, 0.25) is 0 Å². The monoisotopic (exact) mass is 387 g/mol. The second kappa shape index (κ2) is 7.84. The Hall–Kier alpha value is -3.80. The van der Waals surface area contributed by atoms with Crippen LogP contribution in [0, 0.1) is 10.1 Å². The highest BCUT2D eigenvalue weighted by atomic mass is 16.6. The molecule has 146 valence electrons. The van der Waals surface area contributed by atoms with Gasteiger partial charge < -0.3 is 9.30 Å². The Bertz CT molecular complexity index is 1170. The number of rotatable bonds is 7. The number of non-ortho nitro benzene ring substituents is 1. The van der Waals surface area contributed by atoms with E-state index in [0.717, 1.165) is 0 Å². The van der Waals surface area contributed by atoms with Crippen molar-refractivity contribution in [1.82, 2.24) is 19.1 Å². The first-order valence-electron chi connectivity index (χ1n) is 8.14. The van der Waals surface area contributed by atoms with E-state index in [2.05, 4.69) is 20.5 Å². The molecule has 0 atom stereocenters. The lowest BCUT2D eigenvalue weighted by Gasteiger charge is -2.07. The summed E-state index contributed by atoms with van der Waals surface area (Å²) in [4.78, 5) is 40.9. The van der Waals surface area contributed by atoms with Gasteiger partial charge in [0.05, 0.1) is 17.7 Å². The van der Waals surface area contributed by atoms with E-state index in [1.807, 2.05) is 0 Å². The fourth-order valence-corrected chi connectivity index (χ4v) is 2.60. The predicted molar refractivity (Wildman–Crippen MR) is 102 cm³/mol. The number of nitro benzene ring substituents is 1. The van der Waals surface area contributed by atoms with Gasteiger partial charge >= 0.3 is 5.69 Å². The van der Waals surface area contributed by atoms with Crippen LogP contribution in [0.1, 0.15) is 5.56 Å². The highest BCUT2D eigenvalue weighted by Gasteiger charge is 2.16. The van der Waals surface area contributed by atoms with Gasteiger partial charge in [-0.25, -0.2) is 10.2 Å². The molecule has 2 N–H and O–H groups in total. The minimum atomic E-state index is -0.583. The lowest BCUT2D eigenvalue weighted by molar-refractivity contribution is -0.384. The van der Waals surface area contributed by atoms with E-state index in [1.165, 1.54) is 37.1 Å². The summed E-state index contributed by atoms with van der Waals surface area (Å²) in [5, 5.41) is 14.9. The molecule has 0 aliphatic rings. The molecule has 0 aliphatic heterocycles. The van der Waals surface area contributed by atoms with E-state index < -0.39 is 16.2 Å². The number of H-pyrrole nitrogens is 1. The summed E-state index contributed by atoms with van der Waals surface area (Å²) in [5.74, 6) is 0.223. The molecular weight excluding hydrogens is 370 g/mol. The summed E-state index contributed by atoms with van der Waals surface area (Å²) in [6.45, 7) is 0.597. The quantitative estimate of drug-likeness (QED) is 0.339. The standard InChI is InChI=1S/C16H17N7O5/c1-21-13-12(14(24)19-16(21)25)22(6-7-28-2)15(18-13)20-17-9-10-4-3-5-11(8-10)23(26)27/h3-5,8-9H,6-7H2,1-2H3,(H,18,20)(H,19,24,25)/b17-9-. The highest BCUT2D eigenvalue weighted by Crippen LogP contribution is 2.15. The van der Waals surface area contributed by atoms with Gasteiger partial charge in [0, 0.05) is 38.4 Å². The van der Waals surface area contributed by atoms with E-state index in [1.54, 1.807) is 16.7 Å². The molecule has 3 aromatic rings. The Morgan fingerprint density at radius 3 is 2.93 bits per heavy atom. The zero-order chi connectivity index (χ0) is 20.3. The Morgan fingerprint density at radius 1 is 1.43 bits per heavy atom. The van der Waals surface area contributed by atoms with Gasteiger partial charge in [0.15, 0.2) is 11.2 Å². The SMILES string of the molecule is COCCn1c(N/N=C\c2cccc([N+](=O)[O-])c2)nc2c1c(=O)[nH]c(=O)n2C.